The van der Waals surface area contributed by atoms with E-state index in [1.165, 1.54) is 3.97 Å². The number of nitrogens with one attached hydrogen (secondary N) is 2. The van der Waals surface area contributed by atoms with Gasteiger partial charge in [0.1, 0.15) is 0 Å². The molecule has 0 saturated heterocycles. The maximum absolute atomic E-state index is 13.9. The topological polar surface area (TPSA) is 113 Å². The first kappa shape index (κ1) is 20.5. The van der Waals surface area contributed by atoms with E-state index < -0.39 is 10.0 Å². The normalized spacial score (nSPS) is 15.2. The third-order valence-electron chi connectivity index (χ3n) is 5.67. The quantitative estimate of drug-likeness (QED) is 0.239. The maximum atomic E-state index is 13.9. The van der Waals surface area contributed by atoms with Crippen molar-refractivity contribution in [2.75, 3.05) is 0 Å². The summed E-state index contributed by atoms with van der Waals surface area (Å²) >= 11 is 6.27. The number of nitrogens with zero attached hydrogens (tertiary/aromatic N) is 2. The van der Waals surface area contributed by atoms with Crippen LogP contribution in [0.25, 0.3) is 21.7 Å². The van der Waals surface area contributed by atoms with Gasteiger partial charge in [0.2, 0.25) is 5.96 Å². The zero-order valence-corrected chi connectivity index (χ0v) is 18.5. The monoisotopic (exact) mass is 465 g/mol. The molecule has 0 amide bonds. The molecule has 0 bridgehead atoms. The molecule has 1 aliphatic rings. The van der Waals surface area contributed by atoms with Crippen molar-refractivity contribution in [2.45, 2.75) is 24.2 Å². The Bertz CT molecular complexity index is 1540. The number of nitrogens with two attached hydrogens (primary N) is 1. The predicted molar refractivity (Wildman–Crippen MR) is 128 cm³/mol. The maximum Gasteiger partial charge on any atom is 0.268 e. The van der Waals surface area contributed by atoms with Crippen molar-refractivity contribution in [3.63, 3.8) is 0 Å². The first-order valence-electron chi connectivity index (χ1n) is 10.1. The Kier molecular flexibility index (Phi) is 4.91. The van der Waals surface area contributed by atoms with E-state index >= 15 is 0 Å². The molecule has 0 atom stereocenters. The zero-order chi connectivity index (χ0) is 22.5. The molecule has 4 N–H and O–H groups in total. The summed E-state index contributed by atoms with van der Waals surface area (Å²) in [5.74, 6) is -0.282. The van der Waals surface area contributed by atoms with Gasteiger partial charge in [0.05, 0.1) is 16.1 Å². The Morgan fingerprint density at radius 2 is 1.84 bits per heavy atom. The summed E-state index contributed by atoms with van der Waals surface area (Å²) in [5, 5.41) is 14.7. The van der Waals surface area contributed by atoms with E-state index in [2.05, 4.69) is 10.5 Å². The lowest BCUT2D eigenvalue weighted by Gasteiger charge is -2.18. The van der Waals surface area contributed by atoms with E-state index in [0.29, 0.717) is 40.2 Å². The molecule has 0 saturated carbocycles. The van der Waals surface area contributed by atoms with E-state index in [1.807, 2.05) is 30.3 Å². The molecule has 5 rings (SSSR count). The summed E-state index contributed by atoms with van der Waals surface area (Å²) in [6.45, 7) is 0. The minimum absolute atomic E-state index is 0.219. The number of rotatable bonds is 3. The molecular weight excluding hydrogens is 446 g/mol. The van der Waals surface area contributed by atoms with Gasteiger partial charge in [0, 0.05) is 21.7 Å². The summed E-state index contributed by atoms with van der Waals surface area (Å²) in [6.07, 6.45) is 1.94. The minimum Gasteiger partial charge on any atom is -0.369 e. The average Bonchev–Trinajstić information content (AvgIpc) is 3.12. The van der Waals surface area contributed by atoms with Crippen molar-refractivity contribution in [2.24, 2.45) is 10.8 Å². The summed E-state index contributed by atoms with van der Waals surface area (Å²) < 4.78 is 29.2. The van der Waals surface area contributed by atoms with Gasteiger partial charge in [-0.05, 0) is 60.4 Å². The highest BCUT2D eigenvalue weighted by molar-refractivity contribution is 7.90. The minimum atomic E-state index is -3.89. The van der Waals surface area contributed by atoms with Gasteiger partial charge >= 0.3 is 0 Å². The number of aromatic nitrogens is 1. The van der Waals surface area contributed by atoms with Gasteiger partial charge in [0.25, 0.3) is 10.0 Å². The average molecular weight is 466 g/mol. The summed E-state index contributed by atoms with van der Waals surface area (Å²) in [4.78, 5) is 0.219. The molecule has 1 aliphatic carbocycles. The van der Waals surface area contributed by atoms with E-state index in [4.69, 9.17) is 22.7 Å². The molecular formula is C23H20ClN5O2S. The van der Waals surface area contributed by atoms with Crippen molar-refractivity contribution < 1.29 is 8.42 Å². The molecule has 1 aromatic heterocycles. The molecule has 0 unspecified atom stereocenters. The van der Waals surface area contributed by atoms with Crippen LogP contribution in [0.3, 0.4) is 0 Å². The molecule has 0 radical (unpaired) electrons. The number of hydrazone groups is 1. The van der Waals surface area contributed by atoms with Crippen molar-refractivity contribution in [1.29, 1.82) is 5.41 Å². The van der Waals surface area contributed by atoms with Gasteiger partial charge in [-0.1, -0.05) is 41.9 Å². The highest BCUT2D eigenvalue weighted by Gasteiger charge is 2.31. The van der Waals surface area contributed by atoms with Crippen LogP contribution >= 0.6 is 11.6 Å². The number of benzene rings is 3. The highest BCUT2D eigenvalue weighted by atomic mass is 35.5. The third kappa shape index (κ3) is 3.32. The molecule has 0 spiro atoms. The Hall–Kier alpha value is -3.36. The number of guanidine groups is 1. The molecule has 9 heteroatoms. The van der Waals surface area contributed by atoms with Crippen LogP contribution in [0, 0.1) is 5.41 Å². The fraction of sp³-hybridized carbons (Fsp3) is 0.130. The SMILES string of the molecule is N=C(N)NN=C1CCCc2c1c1cc(Cl)ccc1n2S(=O)(=O)c1ccc2ccccc2c1. The van der Waals surface area contributed by atoms with Crippen LogP contribution < -0.4 is 11.2 Å². The molecule has 0 fully saturated rings. The smallest absolute Gasteiger partial charge is 0.268 e. The van der Waals surface area contributed by atoms with E-state index in [0.717, 1.165) is 22.8 Å². The lowest BCUT2D eigenvalue weighted by molar-refractivity contribution is 0.586. The third-order valence-corrected chi connectivity index (χ3v) is 7.65. The molecule has 3 aromatic carbocycles. The summed E-state index contributed by atoms with van der Waals surface area (Å²) in [6, 6.07) is 18.0. The standard InChI is InChI=1S/C23H20ClN5O2S/c24-16-9-11-20-18(13-16)22-19(27-28-23(25)26)6-3-7-21(22)29(20)32(30,31)17-10-8-14-4-1-2-5-15(14)12-17/h1-2,4-5,8-13H,3,6-7H2,(H4,25,26,28). The van der Waals surface area contributed by atoms with Crippen LogP contribution in [0.5, 0.6) is 0 Å². The Balaban J connectivity index is 1.79. The lowest BCUT2D eigenvalue weighted by Crippen LogP contribution is -2.28. The van der Waals surface area contributed by atoms with E-state index in [-0.39, 0.29) is 10.9 Å². The largest absolute Gasteiger partial charge is 0.369 e. The summed E-state index contributed by atoms with van der Waals surface area (Å²) in [7, 11) is -3.89. The van der Waals surface area contributed by atoms with Crippen molar-refractivity contribution in [3.8, 4) is 0 Å². The molecule has 7 nitrogen and oxygen atoms in total. The molecule has 4 aromatic rings. The predicted octanol–water partition coefficient (Wildman–Crippen LogP) is 4.21. The van der Waals surface area contributed by atoms with Crippen LogP contribution in [0.4, 0.5) is 0 Å². The second-order valence-electron chi connectivity index (χ2n) is 7.70. The fourth-order valence-corrected chi connectivity index (χ4v) is 6.12. The van der Waals surface area contributed by atoms with Gasteiger partial charge in [-0.15, -0.1) is 0 Å². The molecule has 0 aliphatic heterocycles. The van der Waals surface area contributed by atoms with Crippen molar-refractivity contribution in [3.05, 3.63) is 76.9 Å². The molecule has 32 heavy (non-hydrogen) atoms. The second kappa shape index (κ2) is 7.65. The van der Waals surface area contributed by atoms with Crippen LogP contribution in [0.15, 0.2) is 70.7 Å². The van der Waals surface area contributed by atoms with Gasteiger partial charge in [-0.2, -0.15) is 5.10 Å². The van der Waals surface area contributed by atoms with E-state index in [1.54, 1.807) is 30.3 Å². The zero-order valence-electron chi connectivity index (χ0n) is 17.0. The first-order chi connectivity index (χ1) is 15.4. The fourth-order valence-electron chi connectivity index (χ4n) is 4.33. The van der Waals surface area contributed by atoms with Gasteiger partial charge in [0.15, 0.2) is 0 Å². The van der Waals surface area contributed by atoms with Crippen LogP contribution in [-0.4, -0.2) is 24.1 Å². The lowest BCUT2D eigenvalue weighted by atomic mass is 9.93. The molecule has 1 heterocycles. The Labute approximate surface area is 190 Å². The van der Waals surface area contributed by atoms with Crippen molar-refractivity contribution >= 4 is 55.0 Å². The van der Waals surface area contributed by atoms with Gasteiger partial charge in [-0.3, -0.25) is 5.41 Å². The second-order valence-corrected chi connectivity index (χ2v) is 9.92. The van der Waals surface area contributed by atoms with Crippen LogP contribution in [-0.2, 0) is 16.4 Å². The van der Waals surface area contributed by atoms with E-state index in [9.17, 15) is 8.42 Å². The van der Waals surface area contributed by atoms with Crippen molar-refractivity contribution in [1.82, 2.24) is 9.40 Å². The van der Waals surface area contributed by atoms with Crippen LogP contribution in [0.2, 0.25) is 5.02 Å². The number of halogens is 1. The number of hydrogen-bond donors (Lipinski definition) is 3. The Morgan fingerprint density at radius 3 is 2.62 bits per heavy atom. The highest BCUT2D eigenvalue weighted by Crippen LogP contribution is 2.37. The van der Waals surface area contributed by atoms with Gasteiger partial charge in [-0.25, -0.2) is 17.8 Å². The summed E-state index contributed by atoms with van der Waals surface area (Å²) in [5.41, 5.74) is 10.5. The van der Waals surface area contributed by atoms with Gasteiger partial charge < -0.3 is 5.73 Å². The van der Waals surface area contributed by atoms with Crippen LogP contribution in [0.1, 0.15) is 24.1 Å². The number of fused-ring (bicyclic) bond motifs is 4. The first-order valence-corrected chi connectivity index (χ1v) is 11.9. The number of hydrogen-bond acceptors (Lipinski definition) is 4. The molecule has 162 valence electrons. The Morgan fingerprint density at radius 1 is 1.06 bits per heavy atom.